The highest BCUT2D eigenvalue weighted by Crippen LogP contribution is 2.26. The topological polar surface area (TPSA) is 104 Å². The number of nitrogens with one attached hydrogen (secondary N) is 1. The van der Waals surface area contributed by atoms with E-state index >= 15 is 0 Å². The summed E-state index contributed by atoms with van der Waals surface area (Å²) in [4.78, 5) is 40.4. The van der Waals surface area contributed by atoms with Gasteiger partial charge in [-0.15, -0.1) is 0 Å². The first-order valence-corrected chi connectivity index (χ1v) is 13.0. The van der Waals surface area contributed by atoms with E-state index in [0.29, 0.717) is 16.7 Å². The fourth-order valence-electron chi connectivity index (χ4n) is 4.25. The first-order chi connectivity index (χ1) is 19.9. The van der Waals surface area contributed by atoms with Crippen molar-refractivity contribution >= 4 is 35.7 Å². The van der Waals surface area contributed by atoms with Crippen LogP contribution in [0.1, 0.15) is 28.3 Å². The van der Waals surface area contributed by atoms with E-state index in [4.69, 9.17) is 0 Å². The second-order valence-electron chi connectivity index (χ2n) is 9.28. The largest absolute Gasteiger partial charge is 0.508 e. The number of phenolic OH excluding ortho intramolecular Hbond substituents is 2. The van der Waals surface area contributed by atoms with E-state index in [9.17, 15) is 24.6 Å². The minimum Gasteiger partial charge on any atom is -0.508 e. The number of carbonyl (C=O) groups excluding carboxylic acids is 3. The van der Waals surface area contributed by atoms with Crippen molar-refractivity contribution in [3.05, 3.63) is 150 Å². The Labute approximate surface area is 238 Å². The predicted octanol–water partition coefficient (Wildman–Crippen LogP) is 6.15. The number of hydrogen-bond donors (Lipinski definition) is 3. The van der Waals surface area contributed by atoms with Crippen molar-refractivity contribution < 1.29 is 24.6 Å². The summed E-state index contributed by atoms with van der Waals surface area (Å²) in [6.07, 6.45) is 8.60. The van der Waals surface area contributed by atoms with Crippen molar-refractivity contribution in [2.75, 3.05) is 0 Å². The van der Waals surface area contributed by atoms with Crippen LogP contribution in [0.4, 0.5) is 0 Å². The van der Waals surface area contributed by atoms with Crippen LogP contribution in [-0.2, 0) is 14.4 Å². The van der Waals surface area contributed by atoms with Gasteiger partial charge in [-0.3, -0.25) is 14.4 Å². The molecule has 4 rings (SSSR count). The smallest absolute Gasteiger partial charge is 0.244 e. The Kier molecular flexibility index (Phi) is 9.78. The maximum Gasteiger partial charge on any atom is 0.244 e. The van der Waals surface area contributed by atoms with Crippen molar-refractivity contribution in [1.29, 1.82) is 0 Å². The van der Waals surface area contributed by atoms with Gasteiger partial charge in [-0.2, -0.15) is 0 Å². The molecule has 0 aliphatic heterocycles. The van der Waals surface area contributed by atoms with E-state index < -0.39 is 29.4 Å². The lowest BCUT2D eigenvalue weighted by Crippen LogP contribution is -2.39. The average Bonchev–Trinajstić information content (AvgIpc) is 2.98. The molecule has 0 saturated carbocycles. The van der Waals surface area contributed by atoms with Crippen LogP contribution < -0.4 is 5.32 Å². The van der Waals surface area contributed by atoms with Gasteiger partial charge in [0.1, 0.15) is 17.4 Å². The van der Waals surface area contributed by atoms with Crippen molar-refractivity contribution in [2.45, 2.75) is 6.04 Å². The number of ketones is 2. The molecule has 3 N–H and O–H groups in total. The van der Waals surface area contributed by atoms with Crippen LogP contribution >= 0.6 is 0 Å². The molecule has 0 radical (unpaired) electrons. The number of amides is 1. The lowest BCUT2D eigenvalue weighted by atomic mass is 9.85. The Balaban J connectivity index is 1.69. The van der Waals surface area contributed by atoms with Crippen molar-refractivity contribution in [2.24, 2.45) is 5.92 Å². The molecule has 1 unspecified atom stereocenters. The second-order valence-corrected chi connectivity index (χ2v) is 9.28. The van der Waals surface area contributed by atoms with Gasteiger partial charge in [-0.25, -0.2) is 0 Å². The van der Waals surface area contributed by atoms with Crippen molar-refractivity contribution in [1.82, 2.24) is 5.32 Å². The molecule has 6 heteroatoms. The van der Waals surface area contributed by atoms with Crippen LogP contribution in [0.3, 0.4) is 0 Å². The number of phenols is 2. The van der Waals surface area contributed by atoms with E-state index in [2.05, 4.69) is 5.32 Å². The van der Waals surface area contributed by atoms with Crippen molar-refractivity contribution in [3.8, 4) is 11.5 Å². The molecule has 0 heterocycles. The normalized spacial score (nSPS) is 12.2. The zero-order valence-corrected chi connectivity index (χ0v) is 22.1. The van der Waals surface area contributed by atoms with E-state index in [1.807, 2.05) is 30.3 Å². The first kappa shape index (κ1) is 28.5. The van der Waals surface area contributed by atoms with Crippen LogP contribution in [-0.4, -0.2) is 27.7 Å². The minimum absolute atomic E-state index is 0.0425. The number of carbonyl (C=O) groups is 3. The zero-order chi connectivity index (χ0) is 29.0. The van der Waals surface area contributed by atoms with E-state index in [1.165, 1.54) is 54.6 Å². The molecule has 0 aliphatic rings. The Morgan fingerprint density at radius 2 is 1.02 bits per heavy atom. The lowest BCUT2D eigenvalue weighted by Gasteiger charge is -2.25. The molecule has 4 aromatic rings. The average molecular weight is 544 g/mol. The van der Waals surface area contributed by atoms with Gasteiger partial charge in [0, 0.05) is 6.08 Å². The van der Waals surface area contributed by atoms with Crippen molar-refractivity contribution in [3.63, 3.8) is 0 Å². The van der Waals surface area contributed by atoms with E-state index in [-0.39, 0.29) is 11.5 Å². The van der Waals surface area contributed by atoms with Gasteiger partial charge < -0.3 is 15.5 Å². The molecular weight excluding hydrogens is 514 g/mol. The number of benzene rings is 4. The second kappa shape index (κ2) is 14.1. The van der Waals surface area contributed by atoms with Crippen LogP contribution in [0.15, 0.2) is 127 Å². The number of hydrogen-bond acceptors (Lipinski definition) is 5. The highest BCUT2D eigenvalue weighted by atomic mass is 16.3. The summed E-state index contributed by atoms with van der Waals surface area (Å²) in [5, 5.41) is 22.4. The number of allylic oxidation sites excluding steroid dienone is 2. The van der Waals surface area contributed by atoms with Crippen LogP contribution in [0, 0.1) is 5.92 Å². The molecule has 0 spiro atoms. The fourth-order valence-corrected chi connectivity index (χ4v) is 4.25. The molecule has 6 nitrogen and oxygen atoms in total. The summed E-state index contributed by atoms with van der Waals surface area (Å²) >= 11 is 0. The molecule has 0 aromatic heterocycles. The summed E-state index contributed by atoms with van der Waals surface area (Å²) < 4.78 is 0. The van der Waals surface area contributed by atoms with Gasteiger partial charge in [0.15, 0.2) is 11.6 Å². The van der Waals surface area contributed by atoms with Crippen LogP contribution in [0.25, 0.3) is 18.2 Å². The van der Waals surface area contributed by atoms with Crippen LogP contribution in [0.2, 0.25) is 0 Å². The minimum atomic E-state index is -1.30. The highest BCUT2D eigenvalue weighted by Gasteiger charge is 2.34. The Morgan fingerprint density at radius 1 is 0.561 bits per heavy atom. The maximum absolute atomic E-state index is 13.7. The Bertz CT molecular complexity index is 1520. The van der Waals surface area contributed by atoms with E-state index in [0.717, 1.165) is 5.56 Å². The van der Waals surface area contributed by atoms with Gasteiger partial charge in [-0.05, 0) is 64.7 Å². The van der Waals surface area contributed by atoms with Gasteiger partial charge in [0.25, 0.3) is 0 Å². The lowest BCUT2D eigenvalue weighted by molar-refractivity contribution is -0.129. The number of rotatable bonds is 11. The van der Waals surface area contributed by atoms with Crippen LogP contribution in [0.5, 0.6) is 11.5 Å². The quantitative estimate of drug-likeness (QED) is 0.156. The first-order valence-electron chi connectivity index (χ1n) is 13.0. The van der Waals surface area contributed by atoms with E-state index in [1.54, 1.807) is 60.7 Å². The molecule has 1 atom stereocenters. The molecule has 1 amide bonds. The highest BCUT2D eigenvalue weighted by molar-refractivity contribution is 6.14. The van der Waals surface area contributed by atoms with Gasteiger partial charge >= 0.3 is 0 Å². The monoisotopic (exact) mass is 543 g/mol. The predicted molar refractivity (Wildman–Crippen MR) is 161 cm³/mol. The molecule has 0 saturated heterocycles. The fraction of sp³-hybridized carbons (Fsp3) is 0.0571. The summed E-state index contributed by atoms with van der Waals surface area (Å²) in [5.74, 6) is -2.74. The SMILES string of the molecule is O=C(C=Cc1ccccc1)NC(c1ccccc1)C(C(=O)/C=C/c1cccc(O)c1)C(=O)/C=C/c1cccc(O)c1. The Hall–Kier alpha value is -5.49. The molecule has 0 fully saturated rings. The summed E-state index contributed by atoms with van der Waals surface area (Å²) in [6.45, 7) is 0. The summed E-state index contributed by atoms with van der Waals surface area (Å²) in [7, 11) is 0. The summed E-state index contributed by atoms with van der Waals surface area (Å²) in [6, 6.07) is 29.9. The van der Waals surface area contributed by atoms with Gasteiger partial charge in [0.2, 0.25) is 5.91 Å². The maximum atomic E-state index is 13.7. The molecule has 0 aliphatic carbocycles. The standard InChI is InChI=1S/C35H29NO5/c37-29-15-7-11-26(23-29)17-20-31(39)34(32(40)21-18-27-12-8-16-30(38)24-27)35(28-13-5-2-6-14-28)36-33(41)22-19-25-9-3-1-4-10-25/h1-24,34-35,37-38H,(H,36,41)/b20-17+,21-18+,22-19?. The zero-order valence-electron chi connectivity index (χ0n) is 22.1. The third-order valence-electron chi connectivity index (χ3n) is 6.25. The third-order valence-corrected chi connectivity index (χ3v) is 6.25. The molecule has 0 bridgehead atoms. The third kappa shape index (κ3) is 8.50. The molecule has 204 valence electrons. The Morgan fingerprint density at radius 3 is 1.54 bits per heavy atom. The molecule has 4 aromatic carbocycles. The number of aromatic hydroxyl groups is 2. The molecular formula is C35H29NO5. The van der Waals surface area contributed by atoms with Gasteiger partial charge in [0.05, 0.1) is 6.04 Å². The summed E-state index contributed by atoms with van der Waals surface area (Å²) in [5.41, 5.74) is 2.56. The van der Waals surface area contributed by atoms with Gasteiger partial charge in [-0.1, -0.05) is 97.1 Å². The molecule has 41 heavy (non-hydrogen) atoms.